The molecule has 1 N–H and O–H groups in total. The van der Waals surface area contributed by atoms with E-state index in [1.54, 1.807) is 31.2 Å². The standard InChI is InChI=1S/C23H20N2O2/c1-17(27-21-14-8-9-18(15-21)16-24)23(26)25-22(19-10-4-2-5-11-19)20-12-6-3-7-13-20/h2-15,17,22H,1H3,(H,25,26)/t17-/m0/s1. The first-order valence-electron chi connectivity index (χ1n) is 8.74. The van der Waals surface area contributed by atoms with Gasteiger partial charge >= 0.3 is 0 Å². The highest BCUT2D eigenvalue weighted by Gasteiger charge is 2.21. The molecule has 1 amide bonds. The lowest BCUT2D eigenvalue weighted by Crippen LogP contribution is -2.39. The average Bonchev–Trinajstić information content (AvgIpc) is 2.73. The summed E-state index contributed by atoms with van der Waals surface area (Å²) in [5, 5.41) is 12.1. The van der Waals surface area contributed by atoms with Gasteiger partial charge < -0.3 is 10.1 Å². The van der Waals surface area contributed by atoms with Crippen molar-refractivity contribution in [3.8, 4) is 11.8 Å². The molecule has 0 aliphatic carbocycles. The van der Waals surface area contributed by atoms with Gasteiger partial charge in [-0.05, 0) is 36.2 Å². The van der Waals surface area contributed by atoms with Crippen molar-refractivity contribution in [2.24, 2.45) is 0 Å². The van der Waals surface area contributed by atoms with E-state index in [0.717, 1.165) is 11.1 Å². The second kappa shape index (κ2) is 8.68. The molecule has 0 unspecified atom stereocenters. The van der Waals surface area contributed by atoms with Crippen LogP contribution in [0.5, 0.6) is 5.75 Å². The van der Waals surface area contributed by atoms with Gasteiger partial charge in [0.1, 0.15) is 5.75 Å². The first-order chi connectivity index (χ1) is 13.2. The topological polar surface area (TPSA) is 62.1 Å². The molecular weight excluding hydrogens is 336 g/mol. The number of benzene rings is 3. The molecule has 0 heterocycles. The Hall–Kier alpha value is -3.58. The van der Waals surface area contributed by atoms with E-state index in [2.05, 4.69) is 11.4 Å². The lowest BCUT2D eigenvalue weighted by Gasteiger charge is -2.22. The second-order valence-electron chi connectivity index (χ2n) is 6.16. The highest BCUT2D eigenvalue weighted by molar-refractivity contribution is 5.81. The quantitative estimate of drug-likeness (QED) is 0.719. The number of hydrogen-bond donors (Lipinski definition) is 1. The summed E-state index contributed by atoms with van der Waals surface area (Å²) in [4.78, 5) is 12.8. The number of nitrogens with zero attached hydrogens (tertiary/aromatic N) is 1. The number of amides is 1. The van der Waals surface area contributed by atoms with Gasteiger partial charge in [-0.1, -0.05) is 66.7 Å². The number of nitriles is 1. The van der Waals surface area contributed by atoms with Crippen LogP contribution in [0.2, 0.25) is 0 Å². The van der Waals surface area contributed by atoms with Gasteiger partial charge in [0.15, 0.2) is 6.10 Å². The fraction of sp³-hybridized carbons (Fsp3) is 0.130. The molecule has 1 atom stereocenters. The molecule has 0 bridgehead atoms. The van der Waals surface area contributed by atoms with Crippen LogP contribution in [0.3, 0.4) is 0 Å². The zero-order valence-electron chi connectivity index (χ0n) is 15.0. The Kier molecular flexibility index (Phi) is 5.86. The average molecular weight is 356 g/mol. The lowest BCUT2D eigenvalue weighted by molar-refractivity contribution is -0.127. The van der Waals surface area contributed by atoms with Crippen molar-refractivity contribution >= 4 is 5.91 Å². The minimum Gasteiger partial charge on any atom is -0.481 e. The van der Waals surface area contributed by atoms with E-state index in [1.165, 1.54) is 0 Å². The van der Waals surface area contributed by atoms with Gasteiger partial charge in [-0.25, -0.2) is 0 Å². The number of hydrogen-bond acceptors (Lipinski definition) is 3. The number of rotatable bonds is 6. The normalized spacial score (nSPS) is 11.4. The first kappa shape index (κ1) is 18.2. The smallest absolute Gasteiger partial charge is 0.261 e. The summed E-state index contributed by atoms with van der Waals surface area (Å²) in [6, 6.07) is 28.2. The minimum absolute atomic E-state index is 0.227. The van der Waals surface area contributed by atoms with Crippen LogP contribution in [0.15, 0.2) is 84.9 Å². The highest BCUT2D eigenvalue weighted by Crippen LogP contribution is 2.22. The van der Waals surface area contributed by atoms with Crippen molar-refractivity contribution in [3.63, 3.8) is 0 Å². The predicted molar refractivity (Wildman–Crippen MR) is 104 cm³/mol. The molecule has 0 fully saturated rings. The molecule has 0 aliphatic rings. The van der Waals surface area contributed by atoms with E-state index in [9.17, 15) is 4.79 Å². The Labute approximate surface area is 159 Å². The van der Waals surface area contributed by atoms with Gasteiger partial charge in [-0.2, -0.15) is 5.26 Å². The number of nitrogens with one attached hydrogen (secondary N) is 1. The van der Waals surface area contributed by atoms with E-state index in [4.69, 9.17) is 10.00 Å². The van der Waals surface area contributed by atoms with Gasteiger partial charge in [-0.15, -0.1) is 0 Å². The Morgan fingerprint density at radius 3 is 2.07 bits per heavy atom. The zero-order valence-corrected chi connectivity index (χ0v) is 15.0. The molecule has 0 radical (unpaired) electrons. The van der Waals surface area contributed by atoms with Gasteiger partial charge in [0.2, 0.25) is 0 Å². The highest BCUT2D eigenvalue weighted by atomic mass is 16.5. The third-order valence-electron chi connectivity index (χ3n) is 4.20. The molecule has 0 spiro atoms. The SMILES string of the molecule is C[C@H](Oc1cccc(C#N)c1)C(=O)NC(c1ccccc1)c1ccccc1. The zero-order chi connectivity index (χ0) is 19.1. The fourth-order valence-electron chi connectivity index (χ4n) is 2.81. The van der Waals surface area contributed by atoms with Gasteiger partial charge in [0.05, 0.1) is 17.7 Å². The first-order valence-corrected chi connectivity index (χ1v) is 8.74. The number of ether oxygens (including phenoxy) is 1. The van der Waals surface area contributed by atoms with Crippen molar-refractivity contribution in [2.45, 2.75) is 19.1 Å². The molecular formula is C23H20N2O2. The van der Waals surface area contributed by atoms with E-state index < -0.39 is 6.10 Å². The number of carbonyl (C=O) groups excluding carboxylic acids is 1. The van der Waals surface area contributed by atoms with Crippen LogP contribution < -0.4 is 10.1 Å². The molecule has 0 aromatic heterocycles. The van der Waals surface area contributed by atoms with Crippen molar-refractivity contribution in [1.82, 2.24) is 5.32 Å². The van der Waals surface area contributed by atoms with E-state index in [0.29, 0.717) is 11.3 Å². The third kappa shape index (κ3) is 4.74. The molecule has 0 saturated carbocycles. The molecule has 27 heavy (non-hydrogen) atoms. The van der Waals surface area contributed by atoms with Crippen molar-refractivity contribution < 1.29 is 9.53 Å². The Morgan fingerprint density at radius 1 is 0.926 bits per heavy atom. The largest absolute Gasteiger partial charge is 0.481 e. The molecule has 0 saturated heterocycles. The van der Waals surface area contributed by atoms with Crippen LogP contribution in [0.1, 0.15) is 29.7 Å². The van der Waals surface area contributed by atoms with Gasteiger partial charge in [0.25, 0.3) is 5.91 Å². The van der Waals surface area contributed by atoms with Gasteiger partial charge in [0, 0.05) is 0 Å². The summed E-state index contributed by atoms with van der Waals surface area (Å²) >= 11 is 0. The molecule has 4 heteroatoms. The van der Waals surface area contributed by atoms with E-state index in [1.807, 2.05) is 60.7 Å². The summed E-state index contributed by atoms with van der Waals surface area (Å²) in [7, 11) is 0. The summed E-state index contributed by atoms with van der Waals surface area (Å²) < 4.78 is 5.73. The van der Waals surface area contributed by atoms with Crippen LogP contribution in [-0.2, 0) is 4.79 Å². The fourth-order valence-corrected chi connectivity index (χ4v) is 2.81. The third-order valence-corrected chi connectivity index (χ3v) is 4.20. The summed E-state index contributed by atoms with van der Waals surface area (Å²) in [6.45, 7) is 1.70. The predicted octanol–water partition coefficient (Wildman–Crippen LogP) is 4.23. The van der Waals surface area contributed by atoms with Crippen LogP contribution in [-0.4, -0.2) is 12.0 Å². The van der Waals surface area contributed by atoms with Crippen LogP contribution in [0.4, 0.5) is 0 Å². The molecule has 4 nitrogen and oxygen atoms in total. The van der Waals surface area contributed by atoms with E-state index >= 15 is 0 Å². The van der Waals surface area contributed by atoms with Crippen molar-refractivity contribution in [1.29, 1.82) is 5.26 Å². The summed E-state index contributed by atoms with van der Waals surface area (Å²) in [6.07, 6.45) is -0.700. The molecule has 3 aromatic carbocycles. The maximum atomic E-state index is 12.8. The lowest BCUT2D eigenvalue weighted by atomic mass is 9.98. The Bertz CT molecular complexity index is 894. The van der Waals surface area contributed by atoms with Crippen LogP contribution >= 0.6 is 0 Å². The van der Waals surface area contributed by atoms with Gasteiger partial charge in [-0.3, -0.25) is 4.79 Å². The molecule has 3 aromatic rings. The Morgan fingerprint density at radius 2 is 1.52 bits per heavy atom. The number of carbonyl (C=O) groups is 1. The second-order valence-corrected chi connectivity index (χ2v) is 6.16. The summed E-state index contributed by atoms with van der Waals surface area (Å²) in [5.74, 6) is 0.266. The maximum Gasteiger partial charge on any atom is 0.261 e. The van der Waals surface area contributed by atoms with Crippen molar-refractivity contribution in [2.75, 3.05) is 0 Å². The monoisotopic (exact) mass is 356 g/mol. The molecule has 3 rings (SSSR count). The van der Waals surface area contributed by atoms with Crippen LogP contribution in [0, 0.1) is 11.3 Å². The van der Waals surface area contributed by atoms with E-state index in [-0.39, 0.29) is 11.9 Å². The maximum absolute atomic E-state index is 12.8. The molecule has 134 valence electrons. The van der Waals surface area contributed by atoms with Crippen LogP contribution in [0.25, 0.3) is 0 Å². The van der Waals surface area contributed by atoms with Crippen molar-refractivity contribution in [3.05, 3.63) is 102 Å². The minimum atomic E-state index is -0.700. The summed E-state index contributed by atoms with van der Waals surface area (Å²) in [5.41, 5.74) is 2.48. The Balaban J connectivity index is 1.77. The molecule has 0 aliphatic heterocycles.